The van der Waals surface area contributed by atoms with Gasteiger partial charge in [-0.1, -0.05) is 12.1 Å². The van der Waals surface area contributed by atoms with Crippen molar-refractivity contribution < 1.29 is 29.0 Å². The van der Waals surface area contributed by atoms with Crippen LogP contribution in [-0.2, 0) is 9.53 Å². The Labute approximate surface area is 172 Å². The number of carbonyl (C=O) groups is 2. The van der Waals surface area contributed by atoms with Crippen molar-refractivity contribution in [3.8, 4) is 11.8 Å². The number of nitrogens with zero attached hydrogens (tertiary/aromatic N) is 1. The van der Waals surface area contributed by atoms with E-state index in [1.165, 1.54) is 35.8 Å². The molecule has 9 heteroatoms. The Morgan fingerprint density at radius 2 is 1.97 bits per heavy atom. The summed E-state index contributed by atoms with van der Waals surface area (Å²) < 4.78 is 19.2. The third kappa shape index (κ3) is 6.92. The van der Waals surface area contributed by atoms with E-state index in [-0.39, 0.29) is 0 Å². The summed E-state index contributed by atoms with van der Waals surface area (Å²) in [6.45, 7) is 0. The summed E-state index contributed by atoms with van der Waals surface area (Å²) in [5.74, 6) is -2.02. The SMILES string of the molecule is N#Cc1ccc(NC(=O)O[C@H](CCC/C=C/C(=O)NO)c2ccc(O)c(F)c2)cc1. The Kier molecular flexibility index (Phi) is 8.35. The standard InChI is InChI=1S/C21H20FN3O5/c22-17-12-15(8-11-18(17)26)19(4-2-1-3-5-20(27)25-29)30-21(28)24-16-9-6-14(13-23)7-10-16/h3,5-12,19,26,29H,1-2,4H2,(H,24,28)(H,25,27)/b5-3+/t19-/m1/s1. The second-order valence-electron chi connectivity index (χ2n) is 6.23. The Morgan fingerprint density at radius 3 is 2.60 bits per heavy atom. The van der Waals surface area contributed by atoms with Gasteiger partial charge in [0.05, 0.1) is 11.6 Å². The molecule has 0 unspecified atom stereocenters. The number of amides is 2. The van der Waals surface area contributed by atoms with Gasteiger partial charge in [0.15, 0.2) is 11.6 Å². The molecule has 8 nitrogen and oxygen atoms in total. The molecule has 0 aromatic heterocycles. The van der Waals surface area contributed by atoms with Crippen LogP contribution in [-0.4, -0.2) is 22.3 Å². The number of phenolic OH excluding ortho intramolecular Hbond substituents is 1. The van der Waals surface area contributed by atoms with Gasteiger partial charge in [0.25, 0.3) is 5.91 Å². The number of carbonyl (C=O) groups excluding carboxylic acids is 2. The molecule has 30 heavy (non-hydrogen) atoms. The molecule has 0 saturated carbocycles. The number of allylic oxidation sites excluding steroid dienone is 1. The second kappa shape index (κ2) is 11.2. The van der Waals surface area contributed by atoms with Crippen molar-refractivity contribution in [3.63, 3.8) is 0 Å². The molecule has 2 amide bonds. The van der Waals surface area contributed by atoms with Crippen molar-refractivity contribution in [2.75, 3.05) is 5.32 Å². The molecule has 0 radical (unpaired) electrons. The summed E-state index contributed by atoms with van der Waals surface area (Å²) in [6.07, 6.45) is 2.38. The van der Waals surface area contributed by atoms with E-state index in [0.717, 1.165) is 12.1 Å². The fourth-order valence-corrected chi connectivity index (χ4v) is 2.57. The van der Waals surface area contributed by atoms with Crippen LogP contribution >= 0.6 is 0 Å². The third-order valence-electron chi connectivity index (χ3n) is 4.07. The van der Waals surface area contributed by atoms with Crippen molar-refractivity contribution in [1.82, 2.24) is 5.48 Å². The summed E-state index contributed by atoms with van der Waals surface area (Å²) in [5.41, 5.74) is 2.69. The van der Waals surface area contributed by atoms with Crippen molar-refractivity contribution >= 4 is 17.7 Å². The lowest BCUT2D eigenvalue weighted by Crippen LogP contribution is -2.18. The van der Waals surface area contributed by atoms with E-state index in [2.05, 4.69) is 5.32 Å². The molecular formula is C21H20FN3O5. The smallest absolute Gasteiger partial charge is 0.412 e. The molecule has 1 atom stereocenters. The number of hydrogen-bond acceptors (Lipinski definition) is 6. The minimum atomic E-state index is -0.840. The van der Waals surface area contributed by atoms with E-state index in [9.17, 15) is 19.1 Å². The number of unbranched alkanes of at least 4 members (excludes halogenated alkanes) is 1. The topological polar surface area (TPSA) is 132 Å². The van der Waals surface area contributed by atoms with Gasteiger partial charge in [0.2, 0.25) is 0 Å². The Hall–Kier alpha value is -3.90. The van der Waals surface area contributed by atoms with E-state index in [1.54, 1.807) is 12.1 Å². The van der Waals surface area contributed by atoms with Crippen molar-refractivity contribution in [2.24, 2.45) is 0 Å². The van der Waals surface area contributed by atoms with Crippen molar-refractivity contribution in [3.05, 3.63) is 71.6 Å². The van der Waals surface area contributed by atoms with Gasteiger partial charge in [0, 0.05) is 11.8 Å². The van der Waals surface area contributed by atoms with Crippen LogP contribution in [0.15, 0.2) is 54.6 Å². The minimum absolute atomic E-state index is 0.316. The number of rotatable bonds is 8. The van der Waals surface area contributed by atoms with E-state index in [1.807, 2.05) is 6.07 Å². The zero-order chi connectivity index (χ0) is 21.9. The lowest BCUT2D eigenvalue weighted by molar-refractivity contribution is -0.124. The number of aromatic hydroxyl groups is 1. The summed E-state index contributed by atoms with van der Waals surface area (Å²) in [4.78, 5) is 23.2. The van der Waals surface area contributed by atoms with E-state index < -0.39 is 29.7 Å². The van der Waals surface area contributed by atoms with Crippen LogP contribution in [0.25, 0.3) is 0 Å². The lowest BCUT2D eigenvalue weighted by Gasteiger charge is -2.19. The summed E-state index contributed by atoms with van der Waals surface area (Å²) >= 11 is 0. The molecule has 0 fully saturated rings. The highest BCUT2D eigenvalue weighted by Gasteiger charge is 2.18. The zero-order valence-electron chi connectivity index (χ0n) is 15.8. The molecule has 156 valence electrons. The number of anilines is 1. The van der Waals surface area contributed by atoms with Gasteiger partial charge >= 0.3 is 6.09 Å². The first kappa shape index (κ1) is 22.4. The lowest BCUT2D eigenvalue weighted by atomic mass is 10.0. The molecule has 2 aromatic carbocycles. The first-order valence-corrected chi connectivity index (χ1v) is 8.99. The van der Waals surface area contributed by atoms with Crippen LogP contribution in [0, 0.1) is 17.1 Å². The average Bonchev–Trinajstić information content (AvgIpc) is 2.75. The van der Waals surface area contributed by atoms with Gasteiger partial charge in [-0.05, 0) is 61.2 Å². The number of nitriles is 1. The number of halogens is 1. The molecule has 0 spiro atoms. The number of nitrogens with one attached hydrogen (secondary N) is 2. The van der Waals surface area contributed by atoms with Crippen LogP contribution in [0.1, 0.15) is 36.5 Å². The molecule has 0 aliphatic carbocycles. The Bertz CT molecular complexity index is 954. The fourth-order valence-electron chi connectivity index (χ4n) is 2.57. The largest absolute Gasteiger partial charge is 0.505 e. The van der Waals surface area contributed by atoms with Gasteiger partial charge in [-0.2, -0.15) is 5.26 Å². The summed E-state index contributed by atoms with van der Waals surface area (Å²) in [6, 6.07) is 11.9. The summed E-state index contributed by atoms with van der Waals surface area (Å²) in [5, 5.41) is 29.2. The highest BCUT2D eigenvalue weighted by atomic mass is 19.1. The maximum atomic E-state index is 13.8. The normalized spacial score (nSPS) is 11.5. The quantitative estimate of drug-likeness (QED) is 0.224. The maximum Gasteiger partial charge on any atom is 0.412 e. The van der Waals surface area contributed by atoms with Crippen molar-refractivity contribution in [2.45, 2.75) is 25.4 Å². The van der Waals surface area contributed by atoms with Crippen LogP contribution in [0.5, 0.6) is 5.75 Å². The maximum absolute atomic E-state index is 13.8. The van der Waals surface area contributed by atoms with Gasteiger partial charge in [-0.3, -0.25) is 15.3 Å². The number of hydroxylamine groups is 1. The third-order valence-corrected chi connectivity index (χ3v) is 4.07. The van der Waals surface area contributed by atoms with Gasteiger partial charge < -0.3 is 9.84 Å². The fraction of sp³-hybridized carbons (Fsp3) is 0.190. The Balaban J connectivity index is 2.04. The minimum Gasteiger partial charge on any atom is -0.505 e. The first-order chi connectivity index (χ1) is 14.4. The van der Waals surface area contributed by atoms with Crippen LogP contribution in [0.3, 0.4) is 0 Å². The molecule has 4 N–H and O–H groups in total. The predicted octanol–water partition coefficient (Wildman–Crippen LogP) is 3.92. The summed E-state index contributed by atoms with van der Waals surface area (Å²) in [7, 11) is 0. The number of ether oxygens (including phenoxy) is 1. The number of hydrogen-bond donors (Lipinski definition) is 4. The predicted molar refractivity (Wildman–Crippen MR) is 105 cm³/mol. The van der Waals surface area contributed by atoms with Crippen molar-refractivity contribution in [1.29, 1.82) is 5.26 Å². The van der Waals surface area contributed by atoms with E-state index in [0.29, 0.717) is 36.1 Å². The monoisotopic (exact) mass is 413 g/mol. The first-order valence-electron chi connectivity index (χ1n) is 8.99. The number of benzene rings is 2. The van der Waals surface area contributed by atoms with Crippen LogP contribution in [0.4, 0.5) is 14.9 Å². The molecule has 0 saturated heterocycles. The average molecular weight is 413 g/mol. The molecule has 0 aliphatic rings. The van der Waals surface area contributed by atoms with E-state index >= 15 is 0 Å². The highest BCUT2D eigenvalue weighted by Crippen LogP contribution is 2.28. The molecule has 2 rings (SSSR count). The van der Waals surface area contributed by atoms with Gasteiger partial charge in [-0.15, -0.1) is 0 Å². The molecule has 0 aliphatic heterocycles. The van der Waals surface area contributed by atoms with E-state index in [4.69, 9.17) is 15.2 Å². The molecule has 0 heterocycles. The van der Waals surface area contributed by atoms with Gasteiger partial charge in [-0.25, -0.2) is 14.7 Å². The Morgan fingerprint density at radius 1 is 1.23 bits per heavy atom. The van der Waals surface area contributed by atoms with Gasteiger partial charge in [0.1, 0.15) is 6.10 Å². The second-order valence-corrected chi connectivity index (χ2v) is 6.23. The highest BCUT2D eigenvalue weighted by molar-refractivity contribution is 5.86. The van der Waals surface area contributed by atoms with Crippen LogP contribution in [0.2, 0.25) is 0 Å². The zero-order valence-corrected chi connectivity index (χ0v) is 15.8. The van der Waals surface area contributed by atoms with Crippen LogP contribution < -0.4 is 10.8 Å². The molecular weight excluding hydrogens is 393 g/mol. The number of phenols is 1. The molecule has 0 bridgehead atoms. The molecule has 2 aromatic rings.